The Morgan fingerprint density at radius 3 is 2.75 bits per heavy atom. The Labute approximate surface area is 96.4 Å². The molecule has 0 radical (unpaired) electrons. The molecule has 1 aliphatic rings. The topological polar surface area (TPSA) is 39.4 Å². The molecule has 4 heteroatoms. The third-order valence-corrected chi connectivity index (χ3v) is 3.29. The lowest BCUT2D eigenvalue weighted by Gasteiger charge is -2.21. The van der Waals surface area contributed by atoms with Crippen LogP contribution < -0.4 is 0 Å². The highest BCUT2D eigenvalue weighted by Gasteiger charge is 2.21. The lowest BCUT2D eigenvalue weighted by atomic mass is 9.99. The zero-order chi connectivity index (χ0) is 11.5. The summed E-state index contributed by atoms with van der Waals surface area (Å²) in [5.74, 6) is 1.71. The molecule has 0 saturated carbocycles. The first-order valence-corrected chi connectivity index (χ1v) is 5.77. The monoisotopic (exact) mass is 221 g/mol. The van der Waals surface area contributed by atoms with E-state index in [0.29, 0.717) is 5.92 Å². The van der Waals surface area contributed by atoms with Gasteiger partial charge in [0.1, 0.15) is 11.5 Å². The van der Waals surface area contributed by atoms with Crippen LogP contribution in [0.5, 0.6) is 0 Å². The molecule has 88 valence electrons. The predicted molar refractivity (Wildman–Crippen MR) is 64.3 cm³/mol. The molecule has 0 atom stereocenters. The molecular weight excluding hydrogens is 202 g/mol. The van der Waals surface area contributed by atoms with Crippen molar-refractivity contribution in [2.24, 2.45) is 12.0 Å². The van der Waals surface area contributed by atoms with E-state index in [1.165, 1.54) is 11.5 Å². The van der Waals surface area contributed by atoms with Crippen molar-refractivity contribution >= 4 is 6.21 Å². The first-order chi connectivity index (χ1) is 7.74. The zero-order valence-corrected chi connectivity index (χ0v) is 10.2. The van der Waals surface area contributed by atoms with E-state index >= 15 is 0 Å². The molecule has 0 spiro atoms. The molecule has 1 aliphatic heterocycles. The molecule has 1 saturated heterocycles. The second-order valence-electron chi connectivity index (χ2n) is 4.27. The fraction of sp³-hybridized carbons (Fsp3) is 0.667. The molecule has 0 unspecified atom stereocenters. The van der Waals surface area contributed by atoms with Gasteiger partial charge >= 0.3 is 0 Å². The quantitative estimate of drug-likeness (QED) is 0.713. The van der Waals surface area contributed by atoms with Crippen LogP contribution in [0.25, 0.3) is 0 Å². The number of aromatic nitrogens is 2. The minimum Gasteiger partial charge on any atom is -0.381 e. The number of rotatable bonds is 2. The summed E-state index contributed by atoms with van der Waals surface area (Å²) in [4.78, 5) is 8.72. The summed E-state index contributed by atoms with van der Waals surface area (Å²) in [6.45, 7) is 3.80. The molecule has 0 N–H and O–H groups in total. The van der Waals surface area contributed by atoms with Crippen molar-refractivity contribution in [3.63, 3.8) is 0 Å². The van der Waals surface area contributed by atoms with Crippen molar-refractivity contribution in [1.29, 1.82) is 0 Å². The van der Waals surface area contributed by atoms with Crippen LogP contribution in [-0.4, -0.2) is 36.0 Å². The van der Waals surface area contributed by atoms with Gasteiger partial charge in [-0.3, -0.25) is 4.99 Å². The molecule has 1 aromatic rings. The van der Waals surface area contributed by atoms with E-state index in [1.807, 2.05) is 6.21 Å². The van der Waals surface area contributed by atoms with Crippen molar-refractivity contribution < 1.29 is 4.74 Å². The molecule has 0 aromatic carbocycles. The fourth-order valence-corrected chi connectivity index (χ4v) is 2.19. The van der Waals surface area contributed by atoms with Crippen LogP contribution in [0.1, 0.15) is 36.0 Å². The fourth-order valence-electron chi connectivity index (χ4n) is 2.19. The summed E-state index contributed by atoms with van der Waals surface area (Å²) < 4.78 is 7.57. The largest absolute Gasteiger partial charge is 0.381 e. The van der Waals surface area contributed by atoms with Gasteiger partial charge in [0.25, 0.3) is 0 Å². The summed E-state index contributed by atoms with van der Waals surface area (Å²) in [6.07, 6.45) is 3.98. The van der Waals surface area contributed by atoms with Crippen LogP contribution in [0.3, 0.4) is 0 Å². The first-order valence-electron chi connectivity index (χ1n) is 5.77. The van der Waals surface area contributed by atoms with Crippen LogP contribution in [0.15, 0.2) is 4.99 Å². The van der Waals surface area contributed by atoms with Gasteiger partial charge in [-0.1, -0.05) is 0 Å². The van der Waals surface area contributed by atoms with Gasteiger partial charge in [-0.25, -0.2) is 4.98 Å². The summed E-state index contributed by atoms with van der Waals surface area (Å²) in [5.41, 5.74) is 2.18. The van der Waals surface area contributed by atoms with Crippen molar-refractivity contribution in [2.75, 3.05) is 20.3 Å². The minimum absolute atomic E-state index is 0.538. The van der Waals surface area contributed by atoms with Crippen molar-refractivity contribution in [1.82, 2.24) is 9.55 Å². The number of nitrogens with zero attached hydrogens (tertiary/aromatic N) is 3. The van der Waals surface area contributed by atoms with E-state index in [-0.39, 0.29) is 0 Å². The first kappa shape index (κ1) is 11.3. The Morgan fingerprint density at radius 1 is 1.44 bits per heavy atom. The SMILES string of the molecule is CN=Cc1nc(C2CCOCC2)n(C)c1C. The average molecular weight is 221 g/mol. The van der Waals surface area contributed by atoms with E-state index in [0.717, 1.165) is 31.7 Å². The molecule has 4 nitrogen and oxygen atoms in total. The van der Waals surface area contributed by atoms with Crippen molar-refractivity contribution in [3.8, 4) is 0 Å². The van der Waals surface area contributed by atoms with Gasteiger partial charge in [-0.05, 0) is 19.8 Å². The highest BCUT2D eigenvalue weighted by molar-refractivity contribution is 5.78. The summed E-state index contributed by atoms with van der Waals surface area (Å²) in [5, 5.41) is 0. The summed E-state index contributed by atoms with van der Waals surface area (Å²) in [7, 11) is 3.86. The highest BCUT2D eigenvalue weighted by Crippen LogP contribution is 2.26. The van der Waals surface area contributed by atoms with Crippen LogP contribution in [0.4, 0.5) is 0 Å². The molecule has 1 aromatic heterocycles. The predicted octanol–water partition coefficient (Wildman–Crippen LogP) is 1.67. The van der Waals surface area contributed by atoms with Gasteiger partial charge in [-0.15, -0.1) is 0 Å². The molecule has 2 heterocycles. The van der Waals surface area contributed by atoms with Gasteiger partial charge in [0.05, 0.1) is 0 Å². The minimum atomic E-state index is 0.538. The third kappa shape index (κ3) is 2.02. The Balaban J connectivity index is 2.29. The smallest absolute Gasteiger partial charge is 0.112 e. The molecule has 0 bridgehead atoms. The third-order valence-electron chi connectivity index (χ3n) is 3.29. The maximum Gasteiger partial charge on any atom is 0.112 e. The summed E-state index contributed by atoms with van der Waals surface area (Å²) >= 11 is 0. The van der Waals surface area contributed by atoms with E-state index in [1.54, 1.807) is 7.05 Å². The van der Waals surface area contributed by atoms with Crippen LogP contribution in [-0.2, 0) is 11.8 Å². The molecule has 16 heavy (non-hydrogen) atoms. The number of hydrogen-bond donors (Lipinski definition) is 0. The van der Waals surface area contributed by atoms with Crippen molar-refractivity contribution in [2.45, 2.75) is 25.7 Å². The Hall–Kier alpha value is -1.16. The molecule has 0 aliphatic carbocycles. The second-order valence-corrected chi connectivity index (χ2v) is 4.27. The van der Waals surface area contributed by atoms with Gasteiger partial charge in [-0.2, -0.15) is 0 Å². The Kier molecular flexibility index (Phi) is 3.39. The number of hydrogen-bond acceptors (Lipinski definition) is 3. The standard InChI is InChI=1S/C12H19N3O/c1-9-11(8-13-2)14-12(15(9)3)10-4-6-16-7-5-10/h8,10H,4-7H2,1-3H3. The normalized spacial score (nSPS) is 18.4. The van der Waals surface area contributed by atoms with Crippen LogP contribution in [0.2, 0.25) is 0 Å². The molecule has 1 fully saturated rings. The Bertz CT molecular complexity index is 389. The number of ether oxygens (including phenoxy) is 1. The van der Waals surface area contributed by atoms with Gasteiger partial charge in [0, 0.05) is 45.1 Å². The second kappa shape index (κ2) is 4.78. The van der Waals surface area contributed by atoms with Gasteiger partial charge in [0.2, 0.25) is 0 Å². The summed E-state index contributed by atoms with van der Waals surface area (Å²) in [6, 6.07) is 0. The van der Waals surface area contributed by atoms with Crippen molar-refractivity contribution in [3.05, 3.63) is 17.2 Å². The van der Waals surface area contributed by atoms with E-state index in [2.05, 4.69) is 28.5 Å². The lowest BCUT2D eigenvalue weighted by Crippen LogP contribution is -2.17. The highest BCUT2D eigenvalue weighted by atomic mass is 16.5. The van der Waals surface area contributed by atoms with Gasteiger partial charge < -0.3 is 9.30 Å². The van der Waals surface area contributed by atoms with E-state index in [9.17, 15) is 0 Å². The van der Waals surface area contributed by atoms with Gasteiger partial charge in [0.15, 0.2) is 0 Å². The lowest BCUT2D eigenvalue weighted by molar-refractivity contribution is 0.0830. The maximum absolute atomic E-state index is 5.38. The Morgan fingerprint density at radius 2 is 2.12 bits per heavy atom. The van der Waals surface area contributed by atoms with Crippen LogP contribution >= 0.6 is 0 Å². The van der Waals surface area contributed by atoms with E-state index in [4.69, 9.17) is 4.74 Å². The number of aliphatic imine (C=N–C) groups is 1. The molecule has 2 rings (SSSR count). The van der Waals surface area contributed by atoms with Crippen LogP contribution in [0, 0.1) is 6.92 Å². The van der Waals surface area contributed by atoms with E-state index < -0.39 is 0 Å². The molecular formula is C12H19N3O. The zero-order valence-electron chi connectivity index (χ0n) is 10.2. The molecule has 0 amide bonds. The average Bonchev–Trinajstić information content (AvgIpc) is 2.59. The maximum atomic E-state index is 5.38. The number of imidazole rings is 1.